The van der Waals surface area contributed by atoms with E-state index in [9.17, 15) is 4.79 Å². The van der Waals surface area contributed by atoms with Crippen molar-refractivity contribution in [3.63, 3.8) is 0 Å². The predicted molar refractivity (Wildman–Crippen MR) is 73.0 cm³/mol. The van der Waals surface area contributed by atoms with Gasteiger partial charge in [-0.15, -0.1) is 0 Å². The van der Waals surface area contributed by atoms with Gasteiger partial charge in [-0.25, -0.2) is 0 Å². The number of carboxylic acid groups (broad SMARTS) is 1. The first-order valence-electron chi connectivity index (χ1n) is 6.73. The zero-order valence-corrected chi connectivity index (χ0v) is 11.8. The normalized spacial score (nSPS) is 15.4. The number of rotatable bonds is 9. The van der Waals surface area contributed by atoms with Crippen molar-refractivity contribution in [2.45, 2.75) is 52.9 Å². The Hall–Kier alpha value is -1.30. The zero-order valence-electron chi connectivity index (χ0n) is 11.8. The lowest BCUT2D eigenvalue weighted by Crippen LogP contribution is -2.28. The van der Waals surface area contributed by atoms with Gasteiger partial charge < -0.3 is 5.11 Å². The van der Waals surface area contributed by atoms with Gasteiger partial charge in [-0.3, -0.25) is 4.79 Å². The maximum absolute atomic E-state index is 11.1. The molecule has 3 atom stereocenters. The second-order valence-corrected chi connectivity index (χ2v) is 5.09. The Balaban J connectivity index is 4.67. The van der Waals surface area contributed by atoms with Crippen molar-refractivity contribution in [3.05, 3.63) is 12.2 Å². The van der Waals surface area contributed by atoms with E-state index in [1.165, 1.54) is 6.42 Å². The number of carbonyl (C=O) groups is 1. The van der Waals surface area contributed by atoms with Gasteiger partial charge in [0.2, 0.25) is 0 Å². The van der Waals surface area contributed by atoms with Gasteiger partial charge in [-0.05, 0) is 25.2 Å². The van der Waals surface area contributed by atoms with Gasteiger partial charge in [0, 0.05) is 0 Å². The molecule has 0 amide bonds. The summed E-state index contributed by atoms with van der Waals surface area (Å²) in [6, 6.07) is 1.94. The van der Waals surface area contributed by atoms with Crippen LogP contribution < -0.4 is 0 Å². The number of nitriles is 1. The summed E-state index contributed by atoms with van der Waals surface area (Å²) in [7, 11) is 0. The Morgan fingerprint density at radius 3 is 2.39 bits per heavy atom. The van der Waals surface area contributed by atoms with E-state index in [0.717, 1.165) is 31.3 Å². The van der Waals surface area contributed by atoms with E-state index < -0.39 is 11.9 Å². The van der Waals surface area contributed by atoms with E-state index in [1.54, 1.807) is 0 Å². The largest absolute Gasteiger partial charge is 0.480 e. The molecule has 3 heteroatoms. The van der Waals surface area contributed by atoms with Crippen LogP contribution in [0, 0.1) is 29.1 Å². The van der Waals surface area contributed by atoms with Crippen molar-refractivity contribution >= 4 is 5.97 Å². The molecule has 0 radical (unpaired) electrons. The molecule has 3 unspecified atom stereocenters. The quantitative estimate of drug-likeness (QED) is 0.497. The predicted octanol–water partition coefficient (Wildman–Crippen LogP) is 4.01. The molecular weight excluding hydrogens is 226 g/mol. The molecule has 0 rings (SSSR count). The standard InChI is InChI=1S/C15H25NO2/c1-5-6-7-8-9-13(12(4)11(2)3)14(10-16)15(17)18/h12-14H,2,5-9H2,1,3-4H3,(H,17,18). The van der Waals surface area contributed by atoms with Gasteiger partial charge in [0.05, 0.1) is 6.07 Å². The number of aliphatic carboxylic acids is 1. The third-order valence-electron chi connectivity index (χ3n) is 3.64. The third-order valence-corrected chi connectivity index (χ3v) is 3.64. The van der Waals surface area contributed by atoms with E-state index in [-0.39, 0.29) is 11.8 Å². The van der Waals surface area contributed by atoms with Crippen molar-refractivity contribution < 1.29 is 9.90 Å². The molecule has 0 fully saturated rings. The van der Waals surface area contributed by atoms with Crippen LogP contribution >= 0.6 is 0 Å². The molecule has 0 saturated heterocycles. The number of hydrogen-bond donors (Lipinski definition) is 1. The first-order valence-corrected chi connectivity index (χ1v) is 6.73. The van der Waals surface area contributed by atoms with Crippen LogP contribution in [0.1, 0.15) is 52.9 Å². The van der Waals surface area contributed by atoms with E-state index in [0.29, 0.717) is 0 Å². The summed E-state index contributed by atoms with van der Waals surface area (Å²) in [6.45, 7) is 9.91. The monoisotopic (exact) mass is 251 g/mol. The van der Waals surface area contributed by atoms with Crippen LogP contribution in [0.15, 0.2) is 12.2 Å². The van der Waals surface area contributed by atoms with Gasteiger partial charge in [-0.2, -0.15) is 5.26 Å². The van der Waals surface area contributed by atoms with Gasteiger partial charge in [-0.1, -0.05) is 51.7 Å². The molecule has 0 aromatic heterocycles. The second-order valence-electron chi connectivity index (χ2n) is 5.09. The Labute approximate surface area is 111 Å². The lowest BCUT2D eigenvalue weighted by molar-refractivity contribution is -0.141. The summed E-state index contributed by atoms with van der Waals surface area (Å²) >= 11 is 0. The van der Waals surface area contributed by atoms with E-state index in [1.807, 2.05) is 19.9 Å². The topological polar surface area (TPSA) is 61.1 Å². The molecule has 0 heterocycles. The number of nitrogens with zero attached hydrogens (tertiary/aromatic N) is 1. The molecule has 0 aliphatic heterocycles. The van der Waals surface area contributed by atoms with Gasteiger partial charge in [0.1, 0.15) is 5.92 Å². The van der Waals surface area contributed by atoms with Crippen LogP contribution in [0.2, 0.25) is 0 Å². The van der Waals surface area contributed by atoms with Crippen LogP contribution in [-0.4, -0.2) is 11.1 Å². The van der Waals surface area contributed by atoms with Crippen LogP contribution in [0.5, 0.6) is 0 Å². The molecule has 18 heavy (non-hydrogen) atoms. The molecule has 0 aliphatic rings. The van der Waals surface area contributed by atoms with Crippen LogP contribution in [-0.2, 0) is 4.79 Å². The van der Waals surface area contributed by atoms with Crippen molar-refractivity contribution in [2.24, 2.45) is 17.8 Å². The number of carboxylic acids is 1. The van der Waals surface area contributed by atoms with Crippen molar-refractivity contribution in [1.29, 1.82) is 5.26 Å². The fraction of sp³-hybridized carbons (Fsp3) is 0.733. The minimum absolute atomic E-state index is 0.0763. The summed E-state index contributed by atoms with van der Waals surface area (Å²) in [5, 5.41) is 18.2. The fourth-order valence-electron chi connectivity index (χ4n) is 2.21. The molecule has 0 spiro atoms. The smallest absolute Gasteiger partial charge is 0.321 e. The molecule has 3 nitrogen and oxygen atoms in total. The zero-order chi connectivity index (χ0) is 14.1. The van der Waals surface area contributed by atoms with Crippen LogP contribution in [0.3, 0.4) is 0 Å². The number of allylic oxidation sites excluding steroid dienone is 1. The molecule has 0 saturated carbocycles. The SMILES string of the molecule is C=C(C)C(C)C(CCCCCC)C(C#N)C(=O)O. The maximum atomic E-state index is 11.1. The summed E-state index contributed by atoms with van der Waals surface area (Å²) in [5.41, 5.74) is 0.956. The minimum Gasteiger partial charge on any atom is -0.480 e. The van der Waals surface area contributed by atoms with Gasteiger partial charge in [0.25, 0.3) is 0 Å². The van der Waals surface area contributed by atoms with Crippen molar-refractivity contribution in [3.8, 4) is 6.07 Å². The van der Waals surface area contributed by atoms with Crippen molar-refractivity contribution in [2.75, 3.05) is 0 Å². The first-order chi connectivity index (χ1) is 8.45. The summed E-state index contributed by atoms with van der Waals surface area (Å²) in [4.78, 5) is 11.1. The van der Waals surface area contributed by atoms with Crippen LogP contribution in [0.25, 0.3) is 0 Å². The van der Waals surface area contributed by atoms with Crippen LogP contribution in [0.4, 0.5) is 0 Å². The van der Waals surface area contributed by atoms with E-state index >= 15 is 0 Å². The van der Waals surface area contributed by atoms with E-state index in [4.69, 9.17) is 10.4 Å². The molecule has 0 aromatic carbocycles. The third kappa shape index (κ3) is 5.35. The number of unbranched alkanes of at least 4 members (excludes halogenated alkanes) is 3. The highest BCUT2D eigenvalue weighted by Gasteiger charge is 2.32. The summed E-state index contributed by atoms with van der Waals surface area (Å²) < 4.78 is 0. The molecule has 0 aromatic rings. The maximum Gasteiger partial charge on any atom is 0.321 e. The first kappa shape index (κ1) is 16.7. The Morgan fingerprint density at radius 2 is 2.00 bits per heavy atom. The lowest BCUT2D eigenvalue weighted by Gasteiger charge is -2.26. The molecular formula is C15H25NO2. The number of hydrogen-bond acceptors (Lipinski definition) is 2. The molecule has 0 aliphatic carbocycles. The van der Waals surface area contributed by atoms with Crippen molar-refractivity contribution in [1.82, 2.24) is 0 Å². The Bertz CT molecular complexity index is 317. The second kappa shape index (κ2) is 8.74. The highest BCUT2D eigenvalue weighted by molar-refractivity contribution is 5.73. The van der Waals surface area contributed by atoms with Gasteiger partial charge in [0.15, 0.2) is 0 Å². The summed E-state index contributed by atoms with van der Waals surface area (Å²) in [6.07, 6.45) is 5.20. The Morgan fingerprint density at radius 1 is 1.39 bits per heavy atom. The Kier molecular flexibility index (Phi) is 8.11. The minimum atomic E-state index is -1.01. The lowest BCUT2D eigenvalue weighted by atomic mass is 9.77. The molecule has 1 N–H and O–H groups in total. The van der Waals surface area contributed by atoms with E-state index in [2.05, 4.69) is 13.5 Å². The highest BCUT2D eigenvalue weighted by atomic mass is 16.4. The average Bonchev–Trinajstić information content (AvgIpc) is 2.31. The average molecular weight is 251 g/mol. The summed E-state index contributed by atoms with van der Waals surface area (Å²) in [5.74, 6) is -1.97. The molecule has 0 bridgehead atoms. The highest BCUT2D eigenvalue weighted by Crippen LogP contribution is 2.31. The van der Waals surface area contributed by atoms with Gasteiger partial charge >= 0.3 is 5.97 Å². The molecule has 102 valence electrons. The fourth-order valence-corrected chi connectivity index (χ4v) is 2.21.